The van der Waals surface area contributed by atoms with Gasteiger partial charge in [-0.3, -0.25) is 4.79 Å². The van der Waals surface area contributed by atoms with Crippen LogP contribution in [-0.2, 0) is 15.4 Å². The maximum atomic E-state index is 13.3. The molecule has 170 valence electrons. The molecule has 2 aromatic carbocycles. The van der Waals surface area contributed by atoms with Crippen LogP contribution in [0.1, 0.15) is 55.5 Å². The molecule has 0 unspecified atom stereocenters. The maximum absolute atomic E-state index is 13.3. The summed E-state index contributed by atoms with van der Waals surface area (Å²) in [5, 5.41) is 0.143. The second kappa shape index (κ2) is 8.65. The average Bonchev–Trinajstić information content (AvgIpc) is 2.98. The van der Waals surface area contributed by atoms with E-state index in [0.29, 0.717) is 18.7 Å². The number of rotatable bonds is 4. The van der Waals surface area contributed by atoms with E-state index < -0.39 is 10.0 Å². The highest BCUT2D eigenvalue weighted by Crippen LogP contribution is 2.46. The lowest BCUT2D eigenvalue weighted by atomic mass is 9.83. The lowest BCUT2D eigenvalue weighted by Gasteiger charge is -2.24. The Morgan fingerprint density at radius 3 is 2.34 bits per heavy atom. The van der Waals surface area contributed by atoms with Gasteiger partial charge in [-0.15, -0.1) is 0 Å². The molecule has 2 aromatic rings. The highest BCUT2D eigenvalue weighted by molar-refractivity contribution is 7.89. The van der Waals surface area contributed by atoms with Crippen molar-refractivity contribution in [2.45, 2.75) is 49.8 Å². The molecule has 4 rings (SSSR count). The number of nitrogens with zero attached hydrogens (tertiary/aromatic N) is 2. The Balaban J connectivity index is 1.69. The second-order valence-electron chi connectivity index (χ2n) is 9.06. The van der Waals surface area contributed by atoms with Crippen LogP contribution in [0.4, 0.5) is 5.69 Å². The van der Waals surface area contributed by atoms with Crippen molar-refractivity contribution in [2.75, 3.05) is 25.0 Å². The minimum atomic E-state index is -3.76. The Hall–Kier alpha value is -2.15. The number of sulfonamides is 1. The minimum Gasteiger partial charge on any atom is -0.347 e. The molecular weight excluding hydrogens is 444 g/mol. The monoisotopic (exact) mass is 472 g/mol. The van der Waals surface area contributed by atoms with Crippen LogP contribution < -0.4 is 4.90 Å². The number of fused-ring (bicyclic) bond motifs is 1. The summed E-state index contributed by atoms with van der Waals surface area (Å²) >= 11 is 6.30. The van der Waals surface area contributed by atoms with Gasteiger partial charge >= 0.3 is 0 Å². The van der Waals surface area contributed by atoms with E-state index in [1.54, 1.807) is 12.1 Å². The normalized spacial score (nSPS) is 20.2. The molecule has 0 atom stereocenters. The molecule has 2 aliphatic heterocycles. The fourth-order valence-corrected chi connectivity index (χ4v) is 6.76. The van der Waals surface area contributed by atoms with Gasteiger partial charge < -0.3 is 4.90 Å². The number of halogens is 1. The summed E-state index contributed by atoms with van der Waals surface area (Å²) in [6.07, 6.45) is 5.34. The number of para-hydroxylation sites is 1. The van der Waals surface area contributed by atoms with Gasteiger partial charge in [0.15, 0.2) is 5.78 Å². The Kier molecular flexibility index (Phi) is 6.23. The van der Waals surface area contributed by atoms with Crippen LogP contribution in [0.25, 0.3) is 0 Å². The van der Waals surface area contributed by atoms with Crippen molar-refractivity contribution in [1.82, 2.24) is 4.31 Å². The first-order valence-corrected chi connectivity index (χ1v) is 12.9. The number of hydrogen-bond acceptors (Lipinski definition) is 4. The summed E-state index contributed by atoms with van der Waals surface area (Å²) in [6, 6.07) is 12.6. The van der Waals surface area contributed by atoms with Crippen molar-refractivity contribution in [3.8, 4) is 0 Å². The van der Waals surface area contributed by atoms with Crippen molar-refractivity contribution in [3.05, 3.63) is 70.4 Å². The van der Waals surface area contributed by atoms with Crippen molar-refractivity contribution in [1.29, 1.82) is 0 Å². The van der Waals surface area contributed by atoms with E-state index in [-0.39, 0.29) is 21.1 Å². The zero-order valence-corrected chi connectivity index (χ0v) is 20.3. The maximum Gasteiger partial charge on any atom is 0.244 e. The van der Waals surface area contributed by atoms with Gasteiger partial charge in [-0.1, -0.05) is 56.5 Å². The molecule has 0 saturated carbocycles. The molecule has 0 N–H and O–H groups in total. The van der Waals surface area contributed by atoms with Crippen molar-refractivity contribution >= 4 is 33.1 Å². The van der Waals surface area contributed by atoms with Crippen LogP contribution in [0, 0.1) is 0 Å². The van der Waals surface area contributed by atoms with Crippen molar-refractivity contribution < 1.29 is 13.2 Å². The molecule has 0 aromatic heterocycles. The van der Waals surface area contributed by atoms with Gasteiger partial charge in [0.25, 0.3) is 0 Å². The molecule has 0 bridgehead atoms. The van der Waals surface area contributed by atoms with Crippen molar-refractivity contribution in [3.63, 3.8) is 0 Å². The summed E-state index contributed by atoms with van der Waals surface area (Å²) in [5.41, 5.74) is 3.07. The Morgan fingerprint density at radius 1 is 1.03 bits per heavy atom. The minimum absolute atomic E-state index is 0.00707. The van der Waals surface area contributed by atoms with Gasteiger partial charge in [0.05, 0.1) is 5.02 Å². The first kappa shape index (κ1) is 23.0. The molecule has 0 aliphatic carbocycles. The van der Waals surface area contributed by atoms with Crippen LogP contribution in [0.15, 0.2) is 59.1 Å². The topological polar surface area (TPSA) is 57.7 Å². The van der Waals surface area contributed by atoms with Gasteiger partial charge in [-0.25, -0.2) is 8.42 Å². The zero-order chi connectivity index (χ0) is 23.1. The molecule has 7 heteroatoms. The lowest BCUT2D eigenvalue weighted by molar-refractivity contribution is 0.104. The first-order chi connectivity index (χ1) is 15.1. The summed E-state index contributed by atoms with van der Waals surface area (Å²) in [6.45, 7) is 5.15. The molecule has 1 fully saturated rings. The smallest absolute Gasteiger partial charge is 0.244 e. The largest absolute Gasteiger partial charge is 0.347 e. The quantitative estimate of drug-likeness (QED) is 0.441. The van der Waals surface area contributed by atoms with E-state index in [1.807, 2.05) is 30.1 Å². The number of allylic oxidation sites excluding steroid dienone is 2. The van der Waals surface area contributed by atoms with Crippen LogP contribution in [0.5, 0.6) is 0 Å². The Bertz CT molecular complexity index is 1180. The molecule has 0 spiro atoms. The number of hydrogen-bond donors (Lipinski definition) is 0. The van der Waals surface area contributed by atoms with E-state index in [9.17, 15) is 13.2 Å². The third kappa shape index (κ3) is 4.00. The summed E-state index contributed by atoms with van der Waals surface area (Å²) in [5.74, 6) is -0.239. The number of anilines is 1. The summed E-state index contributed by atoms with van der Waals surface area (Å²) in [4.78, 5) is 15.3. The molecule has 0 radical (unpaired) electrons. The average molecular weight is 473 g/mol. The number of likely N-dealkylation sites (N-methyl/N-ethyl adjacent to an activating group) is 1. The van der Waals surface area contributed by atoms with E-state index in [1.165, 1.54) is 16.4 Å². The molecule has 5 nitrogen and oxygen atoms in total. The van der Waals surface area contributed by atoms with Gasteiger partial charge in [0.1, 0.15) is 4.90 Å². The van der Waals surface area contributed by atoms with Crippen LogP contribution in [0.2, 0.25) is 5.02 Å². The lowest BCUT2D eigenvalue weighted by Crippen LogP contribution is -2.32. The molecule has 1 saturated heterocycles. The van der Waals surface area contributed by atoms with Crippen LogP contribution in [-0.4, -0.2) is 38.6 Å². The molecule has 2 aliphatic rings. The van der Waals surface area contributed by atoms with E-state index in [0.717, 1.165) is 42.6 Å². The number of ketones is 1. The number of carbonyl (C=O) groups excluding carboxylic acids is 1. The predicted molar refractivity (Wildman–Crippen MR) is 129 cm³/mol. The third-order valence-corrected chi connectivity index (χ3v) is 8.99. The van der Waals surface area contributed by atoms with E-state index in [4.69, 9.17) is 11.6 Å². The summed E-state index contributed by atoms with van der Waals surface area (Å²) in [7, 11) is -1.81. The van der Waals surface area contributed by atoms with Gasteiger partial charge in [0.2, 0.25) is 10.0 Å². The second-order valence-corrected chi connectivity index (χ2v) is 11.4. The first-order valence-electron chi connectivity index (χ1n) is 11.0. The van der Waals surface area contributed by atoms with Gasteiger partial charge in [-0.2, -0.15) is 4.31 Å². The number of carbonyl (C=O) groups is 1. The zero-order valence-electron chi connectivity index (χ0n) is 18.8. The molecule has 2 heterocycles. The fraction of sp³-hybridized carbons (Fsp3) is 0.400. The predicted octanol–water partition coefficient (Wildman–Crippen LogP) is 5.40. The van der Waals surface area contributed by atoms with Crippen LogP contribution in [0.3, 0.4) is 0 Å². The highest BCUT2D eigenvalue weighted by Gasteiger charge is 2.38. The van der Waals surface area contributed by atoms with Gasteiger partial charge in [-0.05, 0) is 42.7 Å². The molecule has 32 heavy (non-hydrogen) atoms. The third-order valence-electron chi connectivity index (χ3n) is 6.61. The van der Waals surface area contributed by atoms with E-state index in [2.05, 4.69) is 19.9 Å². The molecular formula is C25H29ClN2O3S. The number of benzene rings is 2. The SMILES string of the molecule is CN1C(=CC(=O)c2ccc(Cl)c(S(=O)(=O)N3CCCCCC3)c2)C(C)(C)c2ccccc21. The standard InChI is InChI=1S/C25H29ClN2O3S/c1-25(2)19-10-6-7-11-21(19)27(3)24(25)17-22(29)18-12-13-20(26)23(16-18)32(30,31)28-14-8-4-5-9-15-28/h6-7,10-13,16-17H,4-5,8-9,14-15H2,1-3H3. The Morgan fingerprint density at radius 2 is 1.69 bits per heavy atom. The highest BCUT2D eigenvalue weighted by atomic mass is 35.5. The van der Waals surface area contributed by atoms with E-state index >= 15 is 0 Å². The van der Waals surface area contributed by atoms with Crippen molar-refractivity contribution in [2.24, 2.45) is 0 Å². The Labute approximate surface area is 195 Å². The van der Waals surface area contributed by atoms with Crippen LogP contribution >= 0.6 is 11.6 Å². The fourth-order valence-electron chi connectivity index (χ4n) is 4.74. The van der Waals surface area contributed by atoms with Gasteiger partial charge in [0, 0.05) is 48.6 Å². The molecule has 0 amide bonds. The summed E-state index contributed by atoms with van der Waals surface area (Å²) < 4.78 is 28.1.